The van der Waals surface area contributed by atoms with Gasteiger partial charge in [-0.1, -0.05) is 13.8 Å². The van der Waals surface area contributed by atoms with Crippen molar-refractivity contribution in [1.29, 1.82) is 0 Å². The van der Waals surface area contributed by atoms with E-state index in [9.17, 15) is 35.4 Å². The highest BCUT2D eigenvalue weighted by Crippen LogP contribution is 2.70. The number of aliphatic hydroxyl groups excluding tert-OH is 5. The first-order valence-electron chi connectivity index (χ1n) is 20.9. The van der Waals surface area contributed by atoms with Crippen LogP contribution in [0.4, 0.5) is 0 Å². The van der Waals surface area contributed by atoms with Crippen LogP contribution in [-0.4, -0.2) is 135 Å². The van der Waals surface area contributed by atoms with E-state index in [1.807, 2.05) is 13.8 Å². The normalized spacial score (nSPS) is 55.5. The summed E-state index contributed by atoms with van der Waals surface area (Å²) in [5.74, 6) is 0.204. The Labute approximate surface area is 323 Å². The molecule has 4 aliphatic carbocycles. The van der Waals surface area contributed by atoms with Crippen molar-refractivity contribution in [1.82, 2.24) is 0 Å². The number of hydrogen-bond acceptors (Lipinski definition) is 14. The molecule has 3 saturated heterocycles. The maximum atomic E-state index is 12.6. The lowest BCUT2D eigenvalue weighted by molar-refractivity contribution is -0.336. The maximum Gasteiger partial charge on any atom is 0.331 e. The highest BCUT2D eigenvalue weighted by molar-refractivity contribution is 5.85. The van der Waals surface area contributed by atoms with Crippen molar-refractivity contribution < 1.29 is 68.6 Å². The maximum absolute atomic E-state index is 12.6. The van der Waals surface area contributed by atoms with Gasteiger partial charge in [-0.15, -0.1) is 0 Å². The summed E-state index contributed by atoms with van der Waals surface area (Å²) in [6.07, 6.45) is -1.51. The van der Waals surface area contributed by atoms with Gasteiger partial charge < -0.3 is 63.8 Å². The Morgan fingerprint density at radius 3 is 1.87 bits per heavy atom. The van der Waals surface area contributed by atoms with E-state index < -0.39 is 90.9 Å². The van der Waals surface area contributed by atoms with Gasteiger partial charge in [-0.05, 0) is 107 Å². The zero-order valence-electron chi connectivity index (χ0n) is 32.9. The summed E-state index contributed by atoms with van der Waals surface area (Å²) in [7, 11) is 0. The molecule has 14 heteroatoms. The van der Waals surface area contributed by atoms with Gasteiger partial charge in [0.15, 0.2) is 18.9 Å². The van der Waals surface area contributed by atoms with E-state index in [-0.39, 0.29) is 61.1 Å². The van der Waals surface area contributed by atoms with E-state index in [0.29, 0.717) is 18.8 Å². The number of fused-ring (bicyclic) bond motifs is 5. The van der Waals surface area contributed by atoms with Crippen molar-refractivity contribution in [3.05, 3.63) is 11.6 Å². The molecule has 0 unspecified atom stereocenters. The zero-order chi connectivity index (χ0) is 39.2. The molecule has 7 fully saturated rings. The van der Waals surface area contributed by atoms with Crippen LogP contribution in [0.5, 0.6) is 0 Å². The lowest BCUT2D eigenvalue weighted by atomic mass is 9.42. The van der Waals surface area contributed by atoms with Gasteiger partial charge in [0.2, 0.25) is 0 Å². The monoisotopic (exact) mass is 780 g/mol. The van der Waals surface area contributed by atoms with Crippen LogP contribution >= 0.6 is 0 Å². The summed E-state index contributed by atoms with van der Waals surface area (Å²) in [6.45, 7) is 9.90. The number of cyclic esters (lactones) is 1. The number of rotatable bonds is 7. The third kappa shape index (κ3) is 6.95. The zero-order valence-corrected chi connectivity index (χ0v) is 32.9. The van der Waals surface area contributed by atoms with E-state index in [0.717, 1.165) is 44.1 Å². The van der Waals surface area contributed by atoms with E-state index in [2.05, 4.69) is 6.92 Å². The molecule has 8 aliphatic rings. The van der Waals surface area contributed by atoms with Gasteiger partial charge in [0, 0.05) is 30.8 Å². The fourth-order valence-corrected chi connectivity index (χ4v) is 12.8. The Morgan fingerprint density at radius 1 is 0.691 bits per heavy atom. The number of aliphatic hydroxyl groups is 6. The lowest BCUT2D eigenvalue weighted by Crippen LogP contribution is -2.67. The summed E-state index contributed by atoms with van der Waals surface area (Å²) < 4.78 is 42.1. The van der Waals surface area contributed by atoms with Crippen molar-refractivity contribution in [2.75, 3.05) is 6.61 Å². The average molecular weight is 781 g/mol. The quantitative estimate of drug-likeness (QED) is 0.162. The van der Waals surface area contributed by atoms with Crippen LogP contribution in [0.15, 0.2) is 11.6 Å². The number of esters is 1. The Balaban J connectivity index is 0.837. The van der Waals surface area contributed by atoms with Crippen LogP contribution in [0.25, 0.3) is 0 Å². The van der Waals surface area contributed by atoms with Gasteiger partial charge in [-0.25, -0.2) is 4.79 Å². The van der Waals surface area contributed by atoms with Crippen LogP contribution in [0.1, 0.15) is 105 Å². The second-order valence-corrected chi connectivity index (χ2v) is 18.8. The van der Waals surface area contributed by atoms with Crippen molar-refractivity contribution in [3.8, 4) is 0 Å². The van der Waals surface area contributed by atoms with Gasteiger partial charge in [-0.3, -0.25) is 0 Å². The second-order valence-electron chi connectivity index (χ2n) is 18.8. The molecular formula is C41H64O14. The molecule has 4 heterocycles. The Hall–Kier alpha value is -1.27. The summed E-state index contributed by atoms with van der Waals surface area (Å²) in [6, 6.07) is 0. The van der Waals surface area contributed by atoms with Gasteiger partial charge in [0.25, 0.3) is 0 Å². The van der Waals surface area contributed by atoms with Crippen molar-refractivity contribution in [2.24, 2.45) is 34.5 Å². The summed E-state index contributed by atoms with van der Waals surface area (Å²) >= 11 is 0. The number of ether oxygens (including phenoxy) is 7. The molecule has 21 atom stereocenters. The standard InChI is InChI=1S/C41H64O14/c1-19-36(47)28(42)15-34(50-19)54-38-21(3)52-35(17-30(38)44)55-37-20(2)51-33(16-29(37)43)53-24-8-10-39(4)23(13-24)6-7-26-27(39)14-31(45)40(5)25(9-11-41(26,40)48)22-12-32(46)49-18-22/h12,19-21,23-31,33-38,42-45,47-48H,6-11,13-18H2,1-5H3/t19-,20-,21-,23+,24+,25+,26-,27+,28+,29+,30+,31-,33+,34+,35+,36+,37+,38+,39+,40+,41-/m1/s1. The second kappa shape index (κ2) is 15.1. The number of carbonyl (C=O) groups excluding carboxylic acids is 1. The SMILES string of the molecule is C[C@H]1O[C@@H](O[C@@H]2[C@@H](O)C[C@H](O[C@@H]3[C@@H](O)C[C@H](O[C@H]4CC[C@@]5(C)[C@@H](CC[C@@H]6[C@@H]5C[C@@H](O)[C@]5(C)[C@H](C7=CC(=O)OC7)CC[C@@]65O)C4)O[C@@H]3C)O[C@@H]2C)C[C@H](O)[C@H]1O. The predicted octanol–water partition coefficient (Wildman–Crippen LogP) is 2.22. The van der Waals surface area contributed by atoms with Gasteiger partial charge in [0.1, 0.15) is 24.9 Å². The molecule has 0 aromatic heterocycles. The minimum atomic E-state index is -1.01. The third-order valence-electron chi connectivity index (χ3n) is 16.0. The van der Waals surface area contributed by atoms with Crippen LogP contribution in [0.3, 0.4) is 0 Å². The molecule has 0 bridgehead atoms. The molecule has 0 spiro atoms. The fraction of sp³-hybridized carbons (Fsp3) is 0.927. The van der Waals surface area contributed by atoms with Gasteiger partial charge >= 0.3 is 5.97 Å². The molecule has 0 radical (unpaired) electrons. The molecule has 312 valence electrons. The smallest absolute Gasteiger partial charge is 0.331 e. The number of carbonyl (C=O) groups is 1. The molecule has 0 aromatic carbocycles. The minimum absolute atomic E-state index is 0.0452. The summed E-state index contributed by atoms with van der Waals surface area (Å²) in [4.78, 5) is 11.9. The van der Waals surface area contributed by atoms with Crippen molar-refractivity contribution in [3.63, 3.8) is 0 Å². The third-order valence-corrected chi connectivity index (χ3v) is 16.0. The Bertz CT molecular complexity index is 1410. The first-order chi connectivity index (χ1) is 26.0. The first kappa shape index (κ1) is 40.5. The molecule has 4 aliphatic heterocycles. The van der Waals surface area contributed by atoms with E-state index in [4.69, 9.17) is 33.2 Å². The fourth-order valence-electron chi connectivity index (χ4n) is 12.8. The van der Waals surface area contributed by atoms with E-state index >= 15 is 0 Å². The minimum Gasteiger partial charge on any atom is -0.458 e. The van der Waals surface area contributed by atoms with E-state index in [1.54, 1.807) is 19.9 Å². The summed E-state index contributed by atoms with van der Waals surface area (Å²) in [5.41, 5.74) is -0.892. The largest absolute Gasteiger partial charge is 0.458 e. The van der Waals surface area contributed by atoms with Gasteiger partial charge in [-0.2, -0.15) is 0 Å². The molecular weight excluding hydrogens is 716 g/mol. The molecule has 8 rings (SSSR count). The predicted molar refractivity (Wildman–Crippen MR) is 193 cm³/mol. The van der Waals surface area contributed by atoms with Crippen molar-refractivity contribution in [2.45, 2.75) is 197 Å². The van der Waals surface area contributed by atoms with Crippen molar-refractivity contribution >= 4 is 5.97 Å². The highest BCUT2D eigenvalue weighted by atomic mass is 16.7. The number of hydrogen-bond donors (Lipinski definition) is 6. The van der Waals surface area contributed by atoms with Crippen LogP contribution < -0.4 is 0 Å². The van der Waals surface area contributed by atoms with Gasteiger partial charge in [0.05, 0.1) is 54.4 Å². The molecule has 55 heavy (non-hydrogen) atoms. The lowest BCUT2D eigenvalue weighted by Gasteiger charge is -2.65. The molecule has 0 amide bonds. The molecule has 4 saturated carbocycles. The Morgan fingerprint density at radius 2 is 1.29 bits per heavy atom. The molecule has 0 aromatic rings. The topological polar surface area (TPSA) is 203 Å². The Kier molecular flexibility index (Phi) is 11.1. The summed E-state index contributed by atoms with van der Waals surface area (Å²) in [5, 5.41) is 66.9. The van der Waals surface area contributed by atoms with Crippen LogP contribution in [0, 0.1) is 34.5 Å². The highest BCUT2D eigenvalue weighted by Gasteiger charge is 2.71. The van der Waals surface area contributed by atoms with Crippen LogP contribution in [-0.2, 0) is 38.0 Å². The first-order valence-corrected chi connectivity index (χ1v) is 20.9. The average Bonchev–Trinajstić information content (AvgIpc) is 3.67. The molecule has 6 N–H and O–H groups in total. The molecule has 14 nitrogen and oxygen atoms in total. The van der Waals surface area contributed by atoms with E-state index in [1.165, 1.54) is 0 Å². The van der Waals surface area contributed by atoms with Crippen LogP contribution in [0.2, 0.25) is 0 Å².